The molecule has 6 heteroatoms. The van der Waals surface area contributed by atoms with Gasteiger partial charge >= 0.3 is 0 Å². The Morgan fingerprint density at radius 2 is 2.09 bits per heavy atom. The Bertz CT molecular complexity index is 643. The number of amides is 1. The Morgan fingerprint density at radius 3 is 2.73 bits per heavy atom. The fourth-order valence-electron chi connectivity index (χ4n) is 1.84. The first-order valence-corrected chi connectivity index (χ1v) is 8.03. The summed E-state index contributed by atoms with van der Waals surface area (Å²) in [4.78, 5) is 20.2. The van der Waals surface area contributed by atoms with Crippen molar-refractivity contribution >= 4 is 33.3 Å². The van der Waals surface area contributed by atoms with Crippen molar-refractivity contribution in [2.24, 2.45) is 0 Å². The van der Waals surface area contributed by atoms with Crippen LogP contribution in [-0.2, 0) is 0 Å². The molecule has 1 aromatic carbocycles. The maximum Gasteiger partial charge on any atom is 0.271 e. The molecule has 0 aliphatic rings. The number of hydrogen-bond acceptors (Lipinski definition) is 4. The first-order valence-electron chi connectivity index (χ1n) is 7.23. The molecule has 0 atom stereocenters. The topological polar surface area (TPSA) is 66.9 Å². The average molecular weight is 363 g/mol. The van der Waals surface area contributed by atoms with E-state index >= 15 is 0 Å². The number of nitrogens with zero attached hydrogens (tertiary/aromatic N) is 2. The summed E-state index contributed by atoms with van der Waals surface area (Å²) >= 11 is 3.50. The SMILES string of the molecule is CCCCNC(=O)c1cnc(Nc2ccc(C)cc2Br)cn1. The van der Waals surface area contributed by atoms with Crippen molar-refractivity contribution in [3.05, 3.63) is 46.3 Å². The highest BCUT2D eigenvalue weighted by Gasteiger charge is 2.08. The molecule has 116 valence electrons. The smallest absolute Gasteiger partial charge is 0.271 e. The van der Waals surface area contributed by atoms with Gasteiger partial charge in [0.05, 0.1) is 18.1 Å². The van der Waals surface area contributed by atoms with Crippen molar-refractivity contribution in [1.29, 1.82) is 0 Å². The second-order valence-electron chi connectivity index (χ2n) is 5.00. The van der Waals surface area contributed by atoms with Crippen LogP contribution in [0.25, 0.3) is 0 Å². The quantitative estimate of drug-likeness (QED) is 0.766. The van der Waals surface area contributed by atoms with Gasteiger partial charge in [0.1, 0.15) is 11.5 Å². The number of halogens is 1. The van der Waals surface area contributed by atoms with E-state index in [0.717, 1.165) is 23.0 Å². The molecule has 2 N–H and O–H groups in total. The minimum absolute atomic E-state index is 0.191. The van der Waals surface area contributed by atoms with Crippen molar-refractivity contribution in [2.45, 2.75) is 26.7 Å². The van der Waals surface area contributed by atoms with E-state index in [9.17, 15) is 4.79 Å². The van der Waals surface area contributed by atoms with Crippen LogP contribution in [0.2, 0.25) is 0 Å². The van der Waals surface area contributed by atoms with Crippen LogP contribution < -0.4 is 10.6 Å². The normalized spacial score (nSPS) is 10.3. The molecule has 1 aromatic heterocycles. The number of aromatic nitrogens is 2. The van der Waals surface area contributed by atoms with E-state index in [4.69, 9.17) is 0 Å². The van der Waals surface area contributed by atoms with Gasteiger partial charge in [-0.2, -0.15) is 0 Å². The molecule has 1 heterocycles. The van der Waals surface area contributed by atoms with Crippen LogP contribution in [0.15, 0.2) is 35.1 Å². The maximum atomic E-state index is 11.8. The highest BCUT2D eigenvalue weighted by Crippen LogP contribution is 2.25. The number of carbonyl (C=O) groups is 1. The predicted molar refractivity (Wildman–Crippen MR) is 91.4 cm³/mol. The number of anilines is 2. The summed E-state index contributed by atoms with van der Waals surface area (Å²) in [6.45, 7) is 4.77. The number of hydrogen-bond donors (Lipinski definition) is 2. The Kier molecular flexibility index (Phi) is 5.89. The molecule has 1 amide bonds. The van der Waals surface area contributed by atoms with Crippen molar-refractivity contribution in [3.63, 3.8) is 0 Å². The van der Waals surface area contributed by atoms with Crippen molar-refractivity contribution in [3.8, 4) is 0 Å². The average Bonchev–Trinajstić information content (AvgIpc) is 2.51. The van der Waals surface area contributed by atoms with Crippen LogP contribution in [0, 0.1) is 6.92 Å². The van der Waals surface area contributed by atoms with Gasteiger partial charge in [-0.15, -0.1) is 0 Å². The third-order valence-corrected chi connectivity index (χ3v) is 3.74. The minimum atomic E-state index is -0.191. The summed E-state index contributed by atoms with van der Waals surface area (Å²) in [6, 6.07) is 5.99. The summed E-state index contributed by atoms with van der Waals surface area (Å²) in [5.41, 5.74) is 2.40. The van der Waals surface area contributed by atoms with Crippen LogP contribution >= 0.6 is 15.9 Å². The van der Waals surface area contributed by atoms with E-state index in [1.54, 1.807) is 6.20 Å². The highest BCUT2D eigenvalue weighted by atomic mass is 79.9. The van der Waals surface area contributed by atoms with E-state index < -0.39 is 0 Å². The van der Waals surface area contributed by atoms with E-state index in [2.05, 4.69) is 43.5 Å². The number of benzene rings is 1. The van der Waals surface area contributed by atoms with Gasteiger partial charge in [-0.25, -0.2) is 9.97 Å². The van der Waals surface area contributed by atoms with Gasteiger partial charge in [-0.3, -0.25) is 4.79 Å². The molecule has 0 radical (unpaired) electrons. The monoisotopic (exact) mass is 362 g/mol. The molecule has 0 unspecified atom stereocenters. The summed E-state index contributed by atoms with van der Waals surface area (Å²) in [5, 5.41) is 5.98. The second kappa shape index (κ2) is 7.89. The van der Waals surface area contributed by atoms with Crippen LogP contribution in [-0.4, -0.2) is 22.4 Å². The molecular weight excluding hydrogens is 344 g/mol. The zero-order chi connectivity index (χ0) is 15.9. The van der Waals surface area contributed by atoms with Gasteiger partial charge in [-0.05, 0) is 47.0 Å². The van der Waals surface area contributed by atoms with Gasteiger partial charge in [0.25, 0.3) is 5.91 Å². The van der Waals surface area contributed by atoms with Crippen molar-refractivity contribution in [2.75, 3.05) is 11.9 Å². The Balaban J connectivity index is 2.01. The van der Waals surface area contributed by atoms with Gasteiger partial charge in [0.2, 0.25) is 0 Å². The number of carbonyl (C=O) groups excluding carboxylic acids is 1. The lowest BCUT2D eigenvalue weighted by Crippen LogP contribution is -2.25. The fraction of sp³-hybridized carbons (Fsp3) is 0.312. The molecule has 0 bridgehead atoms. The Morgan fingerprint density at radius 1 is 1.27 bits per heavy atom. The lowest BCUT2D eigenvalue weighted by atomic mass is 10.2. The molecule has 22 heavy (non-hydrogen) atoms. The van der Waals surface area contributed by atoms with E-state index in [1.807, 2.05) is 25.1 Å². The van der Waals surface area contributed by atoms with Crippen molar-refractivity contribution < 1.29 is 4.79 Å². The third-order valence-electron chi connectivity index (χ3n) is 3.09. The fourth-order valence-corrected chi connectivity index (χ4v) is 2.43. The number of unbranched alkanes of at least 4 members (excludes halogenated alkanes) is 1. The lowest BCUT2D eigenvalue weighted by molar-refractivity contribution is 0.0948. The predicted octanol–water partition coefficient (Wildman–Crippen LogP) is 3.82. The molecule has 0 fully saturated rings. The van der Waals surface area contributed by atoms with Gasteiger partial charge < -0.3 is 10.6 Å². The molecular formula is C16H19BrN4O. The standard InChI is InChI=1S/C16H19BrN4O/c1-3-4-7-18-16(22)14-9-20-15(10-19-14)21-13-6-5-11(2)8-12(13)17/h5-6,8-10H,3-4,7H2,1-2H3,(H,18,22)(H,20,21). The number of aryl methyl sites for hydroxylation is 1. The first kappa shape index (κ1) is 16.4. The second-order valence-corrected chi connectivity index (χ2v) is 5.86. The van der Waals surface area contributed by atoms with Gasteiger partial charge in [0.15, 0.2) is 0 Å². The molecule has 0 saturated heterocycles. The van der Waals surface area contributed by atoms with E-state index in [-0.39, 0.29) is 5.91 Å². The van der Waals surface area contributed by atoms with Crippen LogP contribution in [0.5, 0.6) is 0 Å². The minimum Gasteiger partial charge on any atom is -0.351 e. The largest absolute Gasteiger partial charge is 0.351 e. The van der Waals surface area contributed by atoms with Crippen LogP contribution in [0.1, 0.15) is 35.8 Å². The highest BCUT2D eigenvalue weighted by molar-refractivity contribution is 9.10. The summed E-state index contributed by atoms with van der Waals surface area (Å²) in [7, 11) is 0. The summed E-state index contributed by atoms with van der Waals surface area (Å²) in [6.07, 6.45) is 5.03. The number of nitrogens with one attached hydrogen (secondary N) is 2. The van der Waals surface area contributed by atoms with Gasteiger partial charge in [-0.1, -0.05) is 19.4 Å². The first-order chi connectivity index (χ1) is 10.6. The lowest BCUT2D eigenvalue weighted by Gasteiger charge is -2.09. The molecule has 0 spiro atoms. The summed E-state index contributed by atoms with van der Waals surface area (Å²) in [5.74, 6) is 0.402. The van der Waals surface area contributed by atoms with Crippen molar-refractivity contribution in [1.82, 2.24) is 15.3 Å². The maximum absolute atomic E-state index is 11.8. The van der Waals surface area contributed by atoms with Crippen LogP contribution in [0.3, 0.4) is 0 Å². The molecule has 2 aromatic rings. The zero-order valence-electron chi connectivity index (χ0n) is 12.7. The zero-order valence-corrected chi connectivity index (χ0v) is 14.3. The van der Waals surface area contributed by atoms with Crippen LogP contribution in [0.4, 0.5) is 11.5 Å². The Hall–Kier alpha value is -1.95. The molecule has 0 aliphatic carbocycles. The van der Waals surface area contributed by atoms with E-state index in [0.29, 0.717) is 18.1 Å². The molecule has 5 nitrogen and oxygen atoms in total. The molecule has 0 aliphatic heterocycles. The summed E-state index contributed by atoms with van der Waals surface area (Å²) < 4.78 is 0.954. The van der Waals surface area contributed by atoms with Gasteiger partial charge in [0, 0.05) is 11.0 Å². The molecule has 2 rings (SSSR count). The third kappa shape index (κ3) is 4.53. The molecule has 0 saturated carbocycles. The Labute approximate surface area is 138 Å². The number of rotatable bonds is 6. The van der Waals surface area contributed by atoms with E-state index in [1.165, 1.54) is 11.8 Å².